The van der Waals surface area contributed by atoms with Gasteiger partial charge < -0.3 is 9.88 Å². The highest BCUT2D eigenvalue weighted by Gasteiger charge is 2.15. The van der Waals surface area contributed by atoms with Gasteiger partial charge in [0.05, 0.1) is 21.9 Å². The summed E-state index contributed by atoms with van der Waals surface area (Å²) in [6.07, 6.45) is 1.71. The largest absolute Gasteiger partial charge is 0.319 e. The maximum Gasteiger partial charge on any atom is 0.149 e. The molecule has 7 heteroatoms. The van der Waals surface area contributed by atoms with Gasteiger partial charge in [0.25, 0.3) is 0 Å². The summed E-state index contributed by atoms with van der Waals surface area (Å²) in [6.45, 7) is 7.78. The monoisotopic (exact) mass is 326 g/mol. The van der Waals surface area contributed by atoms with E-state index in [0.717, 1.165) is 34.8 Å². The molecule has 1 N–H and O–H groups in total. The maximum absolute atomic E-state index is 4.48. The van der Waals surface area contributed by atoms with Crippen LogP contribution in [-0.4, -0.2) is 24.5 Å². The summed E-state index contributed by atoms with van der Waals surface area (Å²) in [5, 5.41) is 16.0. The number of rotatable bonds is 5. The first kappa shape index (κ1) is 14.2. The summed E-state index contributed by atoms with van der Waals surface area (Å²) in [5.41, 5.74) is 2.18. The topological polar surface area (TPSA) is 60.6 Å². The SMILES string of the molecule is CCn1nc(C)c(Br)c1CNC(C)c1nncn1C. The molecule has 104 valence electrons. The van der Waals surface area contributed by atoms with Crippen molar-refractivity contribution >= 4 is 15.9 Å². The van der Waals surface area contributed by atoms with Crippen LogP contribution in [0.4, 0.5) is 0 Å². The molecule has 0 aliphatic carbocycles. The molecule has 0 aliphatic rings. The Hall–Kier alpha value is -1.21. The fraction of sp³-hybridized carbons (Fsp3) is 0.583. The Balaban J connectivity index is 2.09. The molecule has 1 atom stereocenters. The summed E-state index contributed by atoms with van der Waals surface area (Å²) in [6, 6.07) is 0.139. The van der Waals surface area contributed by atoms with Crippen LogP contribution in [0.1, 0.15) is 37.1 Å². The molecule has 1 unspecified atom stereocenters. The molecule has 2 aromatic rings. The van der Waals surface area contributed by atoms with Crippen molar-refractivity contribution in [1.82, 2.24) is 29.9 Å². The van der Waals surface area contributed by atoms with Crippen LogP contribution in [0.2, 0.25) is 0 Å². The molecule has 0 bridgehead atoms. The van der Waals surface area contributed by atoms with E-state index in [9.17, 15) is 0 Å². The fourth-order valence-corrected chi connectivity index (χ4v) is 2.49. The lowest BCUT2D eigenvalue weighted by Crippen LogP contribution is -2.23. The van der Waals surface area contributed by atoms with Crippen molar-refractivity contribution in [3.05, 3.63) is 28.0 Å². The molecule has 0 amide bonds. The number of aromatic nitrogens is 5. The molecule has 2 rings (SSSR count). The van der Waals surface area contributed by atoms with Crippen LogP contribution in [0.25, 0.3) is 0 Å². The van der Waals surface area contributed by atoms with E-state index in [4.69, 9.17) is 0 Å². The zero-order chi connectivity index (χ0) is 14.0. The van der Waals surface area contributed by atoms with Crippen LogP contribution in [0.3, 0.4) is 0 Å². The van der Waals surface area contributed by atoms with Gasteiger partial charge >= 0.3 is 0 Å². The van der Waals surface area contributed by atoms with Crippen LogP contribution >= 0.6 is 15.9 Å². The molecule has 0 fully saturated rings. The second-order valence-electron chi connectivity index (χ2n) is 4.56. The third-order valence-electron chi connectivity index (χ3n) is 3.16. The van der Waals surface area contributed by atoms with E-state index >= 15 is 0 Å². The quantitative estimate of drug-likeness (QED) is 0.912. The van der Waals surface area contributed by atoms with Crippen molar-refractivity contribution in [3.8, 4) is 0 Å². The average molecular weight is 327 g/mol. The van der Waals surface area contributed by atoms with Gasteiger partial charge in [0.15, 0.2) is 0 Å². The molecule has 0 saturated heterocycles. The van der Waals surface area contributed by atoms with Crippen LogP contribution in [0, 0.1) is 6.92 Å². The minimum atomic E-state index is 0.139. The zero-order valence-corrected chi connectivity index (χ0v) is 13.3. The predicted molar refractivity (Wildman–Crippen MR) is 76.6 cm³/mol. The van der Waals surface area contributed by atoms with Crippen molar-refractivity contribution in [1.29, 1.82) is 0 Å². The molecule has 2 aromatic heterocycles. The zero-order valence-electron chi connectivity index (χ0n) is 11.7. The summed E-state index contributed by atoms with van der Waals surface area (Å²) >= 11 is 3.60. The lowest BCUT2D eigenvalue weighted by Gasteiger charge is -2.13. The molecule has 0 radical (unpaired) electrons. The number of nitrogens with one attached hydrogen (secondary N) is 1. The van der Waals surface area contributed by atoms with Crippen LogP contribution < -0.4 is 5.32 Å². The Morgan fingerprint density at radius 2 is 2.21 bits per heavy atom. The summed E-state index contributed by atoms with van der Waals surface area (Å²) < 4.78 is 5.01. The summed E-state index contributed by atoms with van der Waals surface area (Å²) in [4.78, 5) is 0. The molecule has 6 nitrogen and oxygen atoms in total. The average Bonchev–Trinajstić information content (AvgIpc) is 2.92. The molecule has 0 aliphatic heterocycles. The van der Waals surface area contributed by atoms with Crippen molar-refractivity contribution in [3.63, 3.8) is 0 Å². The Kier molecular flexibility index (Phi) is 4.36. The maximum atomic E-state index is 4.48. The van der Waals surface area contributed by atoms with Gasteiger partial charge in [-0.05, 0) is 36.7 Å². The first-order valence-corrected chi connectivity index (χ1v) is 7.13. The second-order valence-corrected chi connectivity index (χ2v) is 5.36. The van der Waals surface area contributed by atoms with E-state index in [1.807, 2.05) is 23.2 Å². The standard InChI is InChI=1S/C12H19BrN6/c1-5-19-10(11(13)8(2)17-19)6-14-9(3)12-16-15-7-18(12)4/h7,9,14H,5-6H2,1-4H3. The van der Waals surface area contributed by atoms with Crippen LogP contribution in [-0.2, 0) is 20.1 Å². The number of hydrogen-bond donors (Lipinski definition) is 1. The lowest BCUT2D eigenvalue weighted by molar-refractivity contribution is 0.501. The van der Waals surface area contributed by atoms with Gasteiger partial charge in [0, 0.05) is 20.1 Å². The molecule has 0 saturated carbocycles. The number of nitrogens with zero attached hydrogens (tertiary/aromatic N) is 5. The Morgan fingerprint density at radius 3 is 2.79 bits per heavy atom. The van der Waals surface area contributed by atoms with Crippen LogP contribution in [0.15, 0.2) is 10.8 Å². The third kappa shape index (κ3) is 2.87. The predicted octanol–water partition coefficient (Wildman–Crippen LogP) is 1.95. The molecular formula is C12H19BrN6. The van der Waals surface area contributed by atoms with Gasteiger partial charge in [0.1, 0.15) is 12.2 Å². The van der Waals surface area contributed by atoms with Gasteiger partial charge in [0.2, 0.25) is 0 Å². The van der Waals surface area contributed by atoms with Crippen molar-refractivity contribution in [2.45, 2.75) is 39.9 Å². The van der Waals surface area contributed by atoms with Gasteiger partial charge in [-0.1, -0.05) is 0 Å². The molecular weight excluding hydrogens is 308 g/mol. The van der Waals surface area contributed by atoms with Gasteiger partial charge in [-0.3, -0.25) is 4.68 Å². The van der Waals surface area contributed by atoms with Crippen LogP contribution in [0.5, 0.6) is 0 Å². The number of hydrogen-bond acceptors (Lipinski definition) is 4. The minimum absolute atomic E-state index is 0.139. The van der Waals surface area contributed by atoms with E-state index in [-0.39, 0.29) is 6.04 Å². The first-order valence-electron chi connectivity index (χ1n) is 6.33. The Bertz CT molecular complexity index is 559. The first-order chi connectivity index (χ1) is 9.04. The van der Waals surface area contributed by atoms with E-state index in [2.05, 4.69) is 50.4 Å². The van der Waals surface area contributed by atoms with E-state index in [0.29, 0.717) is 0 Å². The van der Waals surface area contributed by atoms with Gasteiger partial charge in [-0.15, -0.1) is 10.2 Å². The number of halogens is 1. The van der Waals surface area contributed by atoms with Crippen molar-refractivity contribution in [2.24, 2.45) is 7.05 Å². The van der Waals surface area contributed by atoms with Crippen molar-refractivity contribution in [2.75, 3.05) is 0 Å². The third-order valence-corrected chi connectivity index (χ3v) is 4.19. The summed E-state index contributed by atoms with van der Waals surface area (Å²) in [7, 11) is 1.95. The fourth-order valence-electron chi connectivity index (χ4n) is 2.06. The Labute approximate surface area is 121 Å². The van der Waals surface area contributed by atoms with E-state index < -0.39 is 0 Å². The second kappa shape index (κ2) is 5.83. The highest BCUT2D eigenvalue weighted by molar-refractivity contribution is 9.10. The molecule has 2 heterocycles. The van der Waals surface area contributed by atoms with Gasteiger partial charge in [-0.2, -0.15) is 5.10 Å². The molecule has 19 heavy (non-hydrogen) atoms. The van der Waals surface area contributed by atoms with E-state index in [1.165, 1.54) is 0 Å². The summed E-state index contributed by atoms with van der Waals surface area (Å²) in [5.74, 6) is 0.926. The Morgan fingerprint density at radius 1 is 1.47 bits per heavy atom. The normalized spacial score (nSPS) is 12.9. The highest BCUT2D eigenvalue weighted by atomic mass is 79.9. The van der Waals surface area contributed by atoms with Gasteiger partial charge in [-0.25, -0.2) is 0 Å². The number of aryl methyl sites for hydroxylation is 3. The smallest absolute Gasteiger partial charge is 0.149 e. The molecule has 0 aromatic carbocycles. The highest BCUT2D eigenvalue weighted by Crippen LogP contribution is 2.21. The van der Waals surface area contributed by atoms with E-state index in [1.54, 1.807) is 6.33 Å². The molecule has 0 spiro atoms. The minimum Gasteiger partial charge on any atom is -0.319 e. The lowest BCUT2D eigenvalue weighted by atomic mass is 10.3. The van der Waals surface area contributed by atoms with Crippen molar-refractivity contribution < 1.29 is 0 Å².